The topological polar surface area (TPSA) is 75.8 Å². The summed E-state index contributed by atoms with van der Waals surface area (Å²) in [5, 5.41) is 14.2. The number of amides is 1. The first-order valence-electron chi connectivity index (χ1n) is 7.62. The van der Waals surface area contributed by atoms with E-state index in [1.807, 2.05) is 30.3 Å². The number of ether oxygens (including phenoxy) is 1. The number of hydrogen-bond donors (Lipinski definition) is 1. The van der Waals surface area contributed by atoms with Crippen molar-refractivity contribution in [1.29, 1.82) is 0 Å². The molecule has 1 aliphatic carbocycles. The number of methoxy groups -OCH3 is 1. The minimum Gasteiger partial charge on any atom is -0.388 e. The van der Waals surface area contributed by atoms with Gasteiger partial charge >= 0.3 is 0 Å². The molecule has 6 heteroatoms. The van der Waals surface area contributed by atoms with Gasteiger partial charge in [0, 0.05) is 25.8 Å². The van der Waals surface area contributed by atoms with E-state index in [0.717, 1.165) is 12.0 Å². The quantitative estimate of drug-likeness (QED) is 0.933. The number of benzene rings is 1. The third kappa shape index (κ3) is 3.00. The standard InChI is InChI=1S/C17H20N2O4/c1-19(13-8-9-14(22-2)16(13)20)17(21)15-10-12(18-23-15)11-6-4-3-5-7-11/h3-7,10,13-14,16,20H,8-9H2,1-2H3/t13-,14-,16-/m1/s1. The zero-order chi connectivity index (χ0) is 16.4. The van der Waals surface area contributed by atoms with Crippen LogP contribution >= 0.6 is 0 Å². The smallest absolute Gasteiger partial charge is 0.292 e. The van der Waals surface area contributed by atoms with Crippen LogP contribution in [0.4, 0.5) is 0 Å². The highest BCUT2D eigenvalue weighted by Gasteiger charge is 2.39. The van der Waals surface area contributed by atoms with E-state index < -0.39 is 6.10 Å². The van der Waals surface area contributed by atoms with Gasteiger partial charge in [-0.3, -0.25) is 4.79 Å². The molecule has 0 unspecified atom stereocenters. The first-order valence-corrected chi connectivity index (χ1v) is 7.62. The van der Waals surface area contributed by atoms with Gasteiger partial charge < -0.3 is 19.3 Å². The molecule has 1 heterocycles. The molecule has 1 fully saturated rings. The van der Waals surface area contributed by atoms with Crippen molar-refractivity contribution in [2.75, 3.05) is 14.2 Å². The summed E-state index contributed by atoms with van der Waals surface area (Å²) in [6.45, 7) is 0. The van der Waals surface area contributed by atoms with E-state index in [1.54, 1.807) is 20.2 Å². The molecule has 3 atom stereocenters. The lowest BCUT2D eigenvalue weighted by molar-refractivity contribution is -0.0161. The molecule has 0 bridgehead atoms. The van der Waals surface area contributed by atoms with Crippen molar-refractivity contribution < 1.29 is 19.2 Å². The van der Waals surface area contributed by atoms with Gasteiger partial charge in [0.2, 0.25) is 5.76 Å². The van der Waals surface area contributed by atoms with Gasteiger partial charge in [0.25, 0.3) is 5.91 Å². The molecular weight excluding hydrogens is 296 g/mol. The van der Waals surface area contributed by atoms with Gasteiger partial charge in [-0.15, -0.1) is 0 Å². The zero-order valence-corrected chi connectivity index (χ0v) is 13.2. The Balaban J connectivity index is 1.75. The summed E-state index contributed by atoms with van der Waals surface area (Å²) >= 11 is 0. The number of rotatable bonds is 4. The summed E-state index contributed by atoms with van der Waals surface area (Å²) < 4.78 is 10.4. The van der Waals surface area contributed by atoms with Crippen molar-refractivity contribution in [3.8, 4) is 11.3 Å². The molecule has 0 spiro atoms. The van der Waals surface area contributed by atoms with Crippen LogP contribution in [0.3, 0.4) is 0 Å². The fraction of sp³-hybridized carbons (Fsp3) is 0.412. The van der Waals surface area contributed by atoms with Crippen LogP contribution in [0, 0.1) is 0 Å². The van der Waals surface area contributed by atoms with Gasteiger partial charge in [-0.25, -0.2) is 0 Å². The number of likely N-dealkylation sites (N-methyl/N-ethyl adjacent to an activating group) is 1. The fourth-order valence-electron chi connectivity index (χ4n) is 3.05. The molecular formula is C17H20N2O4. The van der Waals surface area contributed by atoms with E-state index in [2.05, 4.69) is 5.16 Å². The third-order valence-corrected chi connectivity index (χ3v) is 4.43. The summed E-state index contributed by atoms with van der Waals surface area (Å²) in [5.41, 5.74) is 1.50. The normalized spacial score (nSPS) is 23.9. The van der Waals surface area contributed by atoms with Crippen molar-refractivity contribution in [2.24, 2.45) is 0 Å². The number of aromatic nitrogens is 1. The van der Waals surface area contributed by atoms with Crippen LogP contribution in [-0.4, -0.2) is 53.5 Å². The van der Waals surface area contributed by atoms with Crippen molar-refractivity contribution in [3.63, 3.8) is 0 Å². The molecule has 1 aromatic heterocycles. The van der Waals surface area contributed by atoms with Crippen LogP contribution in [0.25, 0.3) is 11.3 Å². The predicted molar refractivity (Wildman–Crippen MR) is 83.9 cm³/mol. The molecule has 1 saturated carbocycles. The molecule has 0 radical (unpaired) electrons. The van der Waals surface area contributed by atoms with Crippen molar-refractivity contribution in [1.82, 2.24) is 10.1 Å². The fourth-order valence-corrected chi connectivity index (χ4v) is 3.05. The Hall–Kier alpha value is -2.18. The molecule has 1 amide bonds. The van der Waals surface area contributed by atoms with Crippen LogP contribution in [-0.2, 0) is 4.74 Å². The molecule has 23 heavy (non-hydrogen) atoms. The maximum absolute atomic E-state index is 12.6. The summed E-state index contributed by atoms with van der Waals surface area (Å²) in [5.74, 6) is -0.125. The number of aliphatic hydroxyl groups excluding tert-OH is 1. The summed E-state index contributed by atoms with van der Waals surface area (Å²) in [6.07, 6.45) is 0.503. The largest absolute Gasteiger partial charge is 0.388 e. The van der Waals surface area contributed by atoms with Gasteiger partial charge in [0.15, 0.2) is 0 Å². The monoisotopic (exact) mass is 316 g/mol. The van der Waals surface area contributed by atoms with Gasteiger partial charge in [-0.05, 0) is 12.8 Å². The van der Waals surface area contributed by atoms with E-state index in [4.69, 9.17) is 9.26 Å². The Labute approximate surface area is 134 Å². The Morgan fingerprint density at radius 1 is 1.35 bits per heavy atom. The van der Waals surface area contributed by atoms with Crippen LogP contribution in [0.2, 0.25) is 0 Å². The average Bonchev–Trinajstić information content (AvgIpc) is 3.21. The molecule has 1 aliphatic rings. The van der Waals surface area contributed by atoms with E-state index >= 15 is 0 Å². The molecule has 0 aliphatic heterocycles. The highest BCUT2D eigenvalue weighted by atomic mass is 16.5. The van der Waals surface area contributed by atoms with Gasteiger partial charge in [0.05, 0.1) is 12.1 Å². The van der Waals surface area contributed by atoms with Crippen LogP contribution < -0.4 is 0 Å². The van der Waals surface area contributed by atoms with E-state index in [0.29, 0.717) is 12.1 Å². The van der Waals surface area contributed by atoms with Gasteiger partial charge in [-0.1, -0.05) is 35.5 Å². The molecule has 6 nitrogen and oxygen atoms in total. The lowest BCUT2D eigenvalue weighted by Gasteiger charge is -2.27. The second-order valence-corrected chi connectivity index (χ2v) is 5.77. The summed E-state index contributed by atoms with van der Waals surface area (Å²) in [4.78, 5) is 14.1. The minimum atomic E-state index is -0.689. The Morgan fingerprint density at radius 3 is 2.74 bits per heavy atom. The van der Waals surface area contributed by atoms with Crippen LogP contribution in [0.15, 0.2) is 40.9 Å². The zero-order valence-electron chi connectivity index (χ0n) is 13.2. The highest BCUT2D eigenvalue weighted by molar-refractivity contribution is 5.92. The number of carbonyl (C=O) groups excluding carboxylic acids is 1. The Bertz CT molecular complexity index is 670. The molecule has 2 aromatic rings. The summed E-state index contributed by atoms with van der Waals surface area (Å²) in [7, 11) is 3.24. The number of aliphatic hydroxyl groups is 1. The van der Waals surface area contributed by atoms with Gasteiger partial charge in [-0.2, -0.15) is 0 Å². The number of hydrogen-bond acceptors (Lipinski definition) is 5. The lowest BCUT2D eigenvalue weighted by Crippen LogP contribution is -2.44. The lowest BCUT2D eigenvalue weighted by atomic mass is 10.1. The Kier molecular flexibility index (Phi) is 4.45. The molecule has 1 aromatic carbocycles. The maximum atomic E-state index is 12.6. The molecule has 122 valence electrons. The third-order valence-electron chi connectivity index (χ3n) is 4.43. The first-order chi connectivity index (χ1) is 11.1. The predicted octanol–water partition coefficient (Wildman–Crippen LogP) is 1.95. The number of carbonyl (C=O) groups is 1. The summed E-state index contributed by atoms with van der Waals surface area (Å²) in [6, 6.07) is 10.9. The molecule has 3 rings (SSSR count). The number of nitrogens with zero attached hydrogens (tertiary/aromatic N) is 2. The van der Waals surface area contributed by atoms with Crippen LogP contribution in [0.5, 0.6) is 0 Å². The second-order valence-electron chi connectivity index (χ2n) is 5.77. The van der Waals surface area contributed by atoms with Crippen molar-refractivity contribution >= 4 is 5.91 Å². The SMILES string of the molecule is CO[C@@H]1CC[C@@H](N(C)C(=O)c2cc(-c3ccccc3)no2)[C@H]1O. The van der Waals surface area contributed by atoms with E-state index in [-0.39, 0.29) is 23.8 Å². The van der Waals surface area contributed by atoms with Crippen molar-refractivity contribution in [2.45, 2.75) is 31.1 Å². The van der Waals surface area contributed by atoms with E-state index in [9.17, 15) is 9.90 Å². The van der Waals surface area contributed by atoms with E-state index in [1.165, 1.54) is 4.90 Å². The van der Waals surface area contributed by atoms with Crippen LogP contribution in [0.1, 0.15) is 23.4 Å². The molecule has 0 saturated heterocycles. The van der Waals surface area contributed by atoms with Gasteiger partial charge in [0.1, 0.15) is 11.8 Å². The highest BCUT2D eigenvalue weighted by Crippen LogP contribution is 2.27. The molecule has 1 N–H and O–H groups in total. The Morgan fingerprint density at radius 2 is 2.09 bits per heavy atom. The minimum absolute atomic E-state index is 0.166. The maximum Gasteiger partial charge on any atom is 0.292 e. The van der Waals surface area contributed by atoms with Crippen molar-refractivity contribution in [3.05, 3.63) is 42.2 Å². The second kappa shape index (κ2) is 6.52. The average molecular weight is 316 g/mol. The first kappa shape index (κ1) is 15.7.